The molecule has 0 bridgehead atoms. The summed E-state index contributed by atoms with van der Waals surface area (Å²) in [6, 6.07) is 11.8. The van der Waals surface area contributed by atoms with Crippen LogP contribution in [-0.4, -0.2) is 107 Å². The fourth-order valence-corrected chi connectivity index (χ4v) is 10.0. The van der Waals surface area contributed by atoms with Crippen LogP contribution in [0.5, 0.6) is 0 Å². The smallest absolute Gasteiger partial charge is 0.0654 e. The van der Waals surface area contributed by atoms with E-state index >= 15 is 0 Å². The molecule has 55 heavy (non-hydrogen) atoms. The SMILES string of the molecule is CCCCCOC(=O)c1ccc(N(C)C(=O)OCCN(CCOC(=O)N(C)c2ccc(C(=O)OCCCCC)c[c]2[Sn]([CH3])([CH3])[CH3])NC(=O)CCCCC)cc1. The minimum Gasteiger partial charge on any atom is -0.0654 e. The summed E-state index contributed by atoms with van der Waals surface area (Å²) in [5, 5.41) is 1.58. The Morgan fingerprint density at radius 1 is 0.600 bits per heavy atom. The van der Waals surface area contributed by atoms with Crippen molar-refractivity contribution in [1.29, 1.82) is 0 Å². The molecule has 0 unspecified atom stereocenters. The van der Waals surface area contributed by atoms with E-state index in [0.29, 0.717) is 42.1 Å². The molecule has 0 fully saturated rings. The van der Waals surface area contributed by atoms with E-state index < -0.39 is 36.5 Å². The number of ether oxygens (including phenoxy) is 4. The Bertz CT molecular complexity index is 1510. The number of unbranched alkanes of at least 4 members (excludes halogenated alkanes) is 6. The number of amides is 3. The van der Waals surface area contributed by atoms with Gasteiger partial charge in [0.05, 0.1) is 12.2 Å². The third kappa shape index (κ3) is 17.2. The number of carbonyl (C=O) groups excluding carboxylic acids is 5. The topological polar surface area (TPSA) is 144 Å². The summed E-state index contributed by atoms with van der Waals surface area (Å²) in [5.74, 6) is -0.968. The molecule has 0 aliphatic carbocycles. The van der Waals surface area contributed by atoms with E-state index in [1.54, 1.807) is 55.5 Å². The second-order valence-electron chi connectivity index (χ2n) is 14.5. The van der Waals surface area contributed by atoms with Gasteiger partial charge in [-0.1, -0.05) is 39.5 Å². The standard InChI is InChI=1S/C38H55N4O9.3CH3.Sn/c1-6-9-12-15-34(43)39-42(24-28-50-37(46)40(4)32-20-16-30(17-21-32)35(44)48-26-13-10-7-2)25-29-51-38(47)41(5)33-22-18-31(19-23-33)36(45)49-27-14-11-8-3;;;;/h16-22H,6-15,24-29H2,1-5H3,(H,39,43);3*1H3;. The summed E-state index contributed by atoms with van der Waals surface area (Å²) >= 11 is -2.87. The Hall–Kier alpha value is -3.85. The number of carbonyl (C=O) groups is 5. The van der Waals surface area contributed by atoms with Crippen LogP contribution in [0.1, 0.15) is 106 Å². The normalized spacial score (nSPS) is 11.1. The Kier molecular flexibility index (Phi) is 21.8. The van der Waals surface area contributed by atoms with E-state index in [2.05, 4.69) is 41.0 Å². The Morgan fingerprint density at radius 2 is 1.09 bits per heavy atom. The molecule has 0 heterocycles. The van der Waals surface area contributed by atoms with Crippen molar-refractivity contribution in [3.63, 3.8) is 0 Å². The van der Waals surface area contributed by atoms with Crippen molar-refractivity contribution in [3.8, 4) is 0 Å². The quantitative estimate of drug-likeness (QED) is 0.0367. The van der Waals surface area contributed by atoms with Gasteiger partial charge in [-0.15, -0.1) is 0 Å². The van der Waals surface area contributed by atoms with E-state index in [-0.39, 0.29) is 38.2 Å². The van der Waals surface area contributed by atoms with Crippen molar-refractivity contribution >= 4 is 63.4 Å². The van der Waals surface area contributed by atoms with E-state index in [1.807, 2.05) is 6.07 Å². The molecule has 0 radical (unpaired) electrons. The van der Waals surface area contributed by atoms with Crippen molar-refractivity contribution < 1.29 is 42.9 Å². The number of hydrogen-bond donors (Lipinski definition) is 1. The molecule has 0 aliphatic heterocycles. The Labute approximate surface area is 332 Å². The zero-order valence-corrected chi connectivity index (χ0v) is 37.2. The predicted molar refractivity (Wildman–Crippen MR) is 219 cm³/mol. The molecule has 0 aliphatic rings. The predicted octanol–water partition coefficient (Wildman–Crippen LogP) is 7.69. The summed E-state index contributed by atoms with van der Waals surface area (Å²) in [7, 11) is 3.20. The second-order valence-corrected chi connectivity index (χ2v) is 28.9. The van der Waals surface area contributed by atoms with Gasteiger partial charge in [-0.05, 0) is 30.7 Å². The number of benzene rings is 2. The molecule has 1 N–H and O–H groups in total. The number of hydrogen-bond acceptors (Lipinski definition) is 10. The molecule has 306 valence electrons. The van der Waals surface area contributed by atoms with E-state index in [1.165, 1.54) is 9.80 Å². The molecular weight excluding hydrogens is 811 g/mol. The number of esters is 2. The molecule has 0 spiro atoms. The van der Waals surface area contributed by atoms with Crippen LogP contribution in [0.2, 0.25) is 14.8 Å². The van der Waals surface area contributed by atoms with E-state index in [9.17, 15) is 24.0 Å². The van der Waals surface area contributed by atoms with Crippen LogP contribution in [0.4, 0.5) is 21.0 Å². The first-order valence-corrected chi connectivity index (χ1v) is 29.7. The first-order chi connectivity index (χ1) is 26.2. The summed E-state index contributed by atoms with van der Waals surface area (Å²) < 4.78 is 22.9. The van der Waals surface area contributed by atoms with Crippen LogP contribution in [0, 0.1) is 0 Å². The van der Waals surface area contributed by atoms with Crippen molar-refractivity contribution in [2.45, 2.75) is 99.8 Å². The average molecular weight is 876 g/mol. The van der Waals surface area contributed by atoms with Crippen molar-refractivity contribution in [1.82, 2.24) is 10.4 Å². The van der Waals surface area contributed by atoms with Crippen LogP contribution in [-0.2, 0) is 23.7 Å². The fraction of sp³-hybridized carbons (Fsp3) is 0.585. The van der Waals surface area contributed by atoms with Gasteiger partial charge >= 0.3 is 219 Å². The van der Waals surface area contributed by atoms with Crippen LogP contribution in [0.3, 0.4) is 0 Å². The maximum atomic E-state index is 13.3. The van der Waals surface area contributed by atoms with Gasteiger partial charge in [-0.25, -0.2) is 9.59 Å². The van der Waals surface area contributed by atoms with Gasteiger partial charge in [-0.3, -0.25) is 4.90 Å². The summed E-state index contributed by atoms with van der Waals surface area (Å²) in [6.45, 7) is 7.17. The molecule has 3 amide bonds. The summed E-state index contributed by atoms with van der Waals surface area (Å²) in [5.41, 5.74) is 4.93. The van der Waals surface area contributed by atoms with Gasteiger partial charge in [0.1, 0.15) is 0 Å². The van der Waals surface area contributed by atoms with E-state index in [0.717, 1.165) is 61.4 Å². The van der Waals surface area contributed by atoms with Gasteiger partial charge < -0.3 is 4.74 Å². The summed E-state index contributed by atoms with van der Waals surface area (Å²) in [4.78, 5) is 73.4. The van der Waals surface area contributed by atoms with Gasteiger partial charge in [0, 0.05) is 12.7 Å². The number of hydrazine groups is 1. The zero-order valence-electron chi connectivity index (χ0n) is 34.4. The van der Waals surface area contributed by atoms with Gasteiger partial charge in [-0.2, -0.15) is 0 Å². The first kappa shape index (κ1) is 47.3. The van der Waals surface area contributed by atoms with Gasteiger partial charge in [0.25, 0.3) is 0 Å². The number of anilines is 2. The third-order valence-electron chi connectivity index (χ3n) is 8.87. The van der Waals surface area contributed by atoms with Crippen LogP contribution < -0.4 is 18.8 Å². The van der Waals surface area contributed by atoms with Crippen molar-refractivity contribution in [2.24, 2.45) is 0 Å². The monoisotopic (exact) mass is 876 g/mol. The zero-order chi connectivity index (χ0) is 40.8. The molecule has 2 aromatic carbocycles. The molecule has 2 rings (SSSR count). The van der Waals surface area contributed by atoms with E-state index in [4.69, 9.17) is 18.9 Å². The Morgan fingerprint density at radius 3 is 1.62 bits per heavy atom. The minimum absolute atomic E-state index is 0.0457. The van der Waals surface area contributed by atoms with Gasteiger partial charge in [0.2, 0.25) is 0 Å². The Balaban J connectivity index is 2.01. The minimum atomic E-state index is -2.87. The molecule has 0 saturated heterocycles. The number of rotatable bonds is 24. The molecule has 14 heteroatoms. The van der Waals surface area contributed by atoms with Crippen LogP contribution >= 0.6 is 0 Å². The molecule has 2 aromatic rings. The van der Waals surface area contributed by atoms with Crippen LogP contribution in [0.15, 0.2) is 42.5 Å². The number of nitrogens with zero attached hydrogens (tertiary/aromatic N) is 3. The molecule has 13 nitrogen and oxygen atoms in total. The van der Waals surface area contributed by atoms with Crippen molar-refractivity contribution in [3.05, 3.63) is 53.6 Å². The molecule has 0 saturated carbocycles. The second kappa shape index (κ2) is 25.3. The summed E-state index contributed by atoms with van der Waals surface area (Å²) in [6.07, 6.45) is 7.46. The molecule has 0 atom stereocenters. The fourth-order valence-electron chi connectivity index (χ4n) is 5.45. The average Bonchev–Trinajstić information content (AvgIpc) is 3.16. The van der Waals surface area contributed by atoms with Crippen molar-refractivity contribution in [2.75, 3.05) is 63.4 Å². The molecule has 0 aromatic heterocycles. The first-order valence-electron chi connectivity index (χ1n) is 19.7. The third-order valence-corrected chi connectivity index (χ3v) is 14.6. The van der Waals surface area contributed by atoms with Gasteiger partial charge in [0.15, 0.2) is 0 Å². The molecular formula is C41H64N4O9Sn. The maximum absolute atomic E-state index is 13.3. The number of nitrogens with one attached hydrogen (secondary N) is 1. The van der Waals surface area contributed by atoms with Crippen LogP contribution in [0.25, 0.3) is 0 Å².